The zero-order valence-electron chi connectivity index (χ0n) is 12.1. The molecule has 0 aromatic rings. The van der Waals surface area contributed by atoms with Crippen molar-refractivity contribution in [2.24, 2.45) is 17.3 Å². The van der Waals surface area contributed by atoms with Crippen LogP contribution in [0.3, 0.4) is 0 Å². The second-order valence-electron chi connectivity index (χ2n) is 6.99. The molecule has 0 aromatic carbocycles. The van der Waals surface area contributed by atoms with Crippen LogP contribution in [0.5, 0.6) is 0 Å². The molecule has 2 aliphatic rings. The van der Waals surface area contributed by atoms with E-state index in [-0.39, 0.29) is 0 Å². The van der Waals surface area contributed by atoms with Crippen molar-refractivity contribution >= 4 is 0 Å². The molecule has 2 nitrogen and oxygen atoms in total. The van der Waals surface area contributed by atoms with E-state index in [4.69, 9.17) is 0 Å². The molecule has 0 saturated heterocycles. The summed E-state index contributed by atoms with van der Waals surface area (Å²) in [4.78, 5) is 2.56. The lowest BCUT2D eigenvalue weighted by Crippen LogP contribution is -2.41. The average Bonchev–Trinajstić information content (AvgIpc) is 3.16. The van der Waals surface area contributed by atoms with Gasteiger partial charge in [0.1, 0.15) is 0 Å². The molecule has 0 amide bonds. The minimum atomic E-state index is 0.454. The molecule has 0 spiro atoms. The molecule has 0 aliphatic heterocycles. The minimum Gasteiger partial charge on any atom is -0.313 e. The highest BCUT2D eigenvalue weighted by molar-refractivity contribution is 4.88. The summed E-state index contributed by atoms with van der Waals surface area (Å²) in [5.41, 5.74) is 0.454. The molecule has 100 valence electrons. The average molecular weight is 238 g/mol. The summed E-state index contributed by atoms with van der Waals surface area (Å²) in [5, 5.41) is 3.70. The van der Waals surface area contributed by atoms with E-state index in [1.54, 1.807) is 0 Å². The molecular weight excluding hydrogens is 208 g/mol. The third-order valence-corrected chi connectivity index (χ3v) is 4.72. The van der Waals surface area contributed by atoms with Crippen LogP contribution in [-0.2, 0) is 0 Å². The maximum atomic E-state index is 3.70. The quantitative estimate of drug-likeness (QED) is 0.699. The summed E-state index contributed by atoms with van der Waals surface area (Å²) in [6.45, 7) is 10.9. The SMILES string of the molecule is CCC(C)(CNC1CC1)CN(C)CC1CC1C. The first-order valence-electron chi connectivity index (χ1n) is 7.44. The lowest BCUT2D eigenvalue weighted by molar-refractivity contribution is 0.174. The summed E-state index contributed by atoms with van der Waals surface area (Å²) >= 11 is 0. The predicted molar refractivity (Wildman–Crippen MR) is 74.2 cm³/mol. The van der Waals surface area contributed by atoms with Crippen molar-refractivity contribution in [1.82, 2.24) is 10.2 Å². The van der Waals surface area contributed by atoms with Crippen LogP contribution in [0.1, 0.15) is 46.5 Å². The number of rotatable bonds is 8. The van der Waals surface area contributed by atoms with Crippen LogP contribution in [0, 0.1) is 17.3 Å². The molecule has 2 rings (SSSR count). The first-order valence-corrected chi connectivity index (χ1v) is 7.44. The Hall–Kier alpha value is -0.0800. The van der Waals surface area contributed by atoms with Crippen LogP contribution in [-0.4, -0.2) is 37.6 Å². The van der Waals surface area contributed by atoms with Crippen molar-refractivity contribution in [2.75, 3.05) is 26.7 Å². The Balaban J connectivity index is 1.71. The van der Waals surface area contributed by atoms with Crippen molar-refractivity contribution in [2.45, 2.75) is 52.5 Å². The van der Waals surface area contributed by atoms with Crippen molar-refractivity contribution < 1.29 is 0 Å². The highest BCUT2D eigenvalue weighted by Crippen LogP contribution is 2.38. The molecule has 17 heavy (non-hydrogen) atoms. The largest absolute Gasteiger partial charge is 0.313 e. The number of hydrogen-bond donors (Lipinski definition) is 1. The molecule has 1 N–H and O–H groups in total. The molecule has 0 radical (unpaired) electrons. The Kier molecular flexibility index (Phi) is 4.14. The van der Waals surface area contributed by atoms with E-state index < -0.39 is 0 Å². The topological polar surface area (TPSA) is 15.3 Å². The maximum Gasteiger partial charge on any atom is 0.00684 e. The molecule has 2 heteroatoms. The monoisotopic (exact) mass is 238 g/mol. The minimum absolute atomic E-state index is 0.454. The van der Waals surface area contributed by atoms with Crippen LogP contribution in [0.25, 0.3) is 0 Å². The molecule has 0 aromatic heterocycles. The molecule has 0 heterocycles. The molecule has 2 aliphatic carbocycles. The van der Waals surface area contributed by atoms with E-state index in [0.717, 1.165) is 17.9 Å². The van der Waals surface area contributed by atoms with Gasteiger partial charge in [0, 0.05) is 25.7 Å². The van der Waals surface area contributed by atoms with Crippen LogP contribution in [0.15, 0.2) is 0 Å². The van der Waals surface area contributed by atoms with Crippen molar-refractivity contribution in [3.05, 3.63) is 0 Å². The van der Waals surface area contributed by atoms with Crippen LogP contribution in [0.2, 0.25) is 0 Å². The van der Waals surface area contributed by atoms with E-state index >= 15 is 0 Å². The fourth-order valence-corrected chi connectivity index (χ4v) is 2.74. The van der Waals surface area contributed by atoms with Gasteiger partial charge in [0.25, 0.3) is 0 Å². The van der Waals surface area contributed by atoms with E-state index in [0.29, 0.717) is 5.41 Å². The van der Waals surface area contributed by atoms with E-state index in [1.165, 1.54) is 45.3 Å². The lowest BCUT2D eigenvalue weighted by atomic mass is 9.86. The first kappa shape index (κ1) is 13.4. The van der Waals surface area contributed by atoms with Gasteiger partial charge < -0.3 is 10.2 Å². The molecular formula is C15H30N2. The maximum absolute atomic E-state index is 3.70. The highest BCUT2D eigenvalue weighted by atomic mass is 15.1. The van der Waals surface area contributed by atoms with Gasteiger partial charge in [0.2, 0.25) is 0 Å². The number of nitrogens with zero attached hydrogens (tertiary/aromatic N) is 1. The predicted octanol–water partition coefficient (Wildman–Crippen LogP) is 2.74. The van der Waals surface area contributed by atoms with Crippen molar-refractivity contribution in [3.63, 3.8) is 0 Å². The van der Waals surface area contributed by atoms with Gasteiger partial charge in [-0.05, 0) is 50.0 Å². The zero-order valence-corrected chi connectivity index (χ0v) is 12.1. The lowest BCUT2D eigenvalue weighted by Gasteiger charge is -2.33. The Morgan fingerprint density at radius 1 is 1.35 bits per heavy atom. The van der Waals surface area contributed by atoms with Gasteiger partial charge in [-0.15, -0.1) is 0 Å². The number of nitrogens with one attached hydrogen (secondary N) is 1. The van der Waals surface area contributed by atoms with Crippen LogP contribution < -0.4 is 5.32 Å². The summed E-state index contributed by atoms with van der Waals surface area (Å²) in [6.07, 6.45) is 5.52. The van der Waals surface area contributed by atoms with Gasteiger partial charge in [-0.3, -0.25) is 0 Å². The Bertz CT molecular complexity index is 249. The first-order chi connectivity index (χ1) is 8.02. The molecule has 3 unspecified atom stereocenters. The van der Waals surface area contributed by atoms with Crippen molar-refractivity contribution in [1.29, 1.82) is 0 Å². The Labute approximate surface area is 107 Å². The van der Waals surface area contributed by atoms with E-state index in [1.807, 2.05) is 0 Å². The third kappa shape index (κ3) is 4.26. The van der Waals surface area contributed by atoms with Gasteiger partial charge in [0.05, 0.1) is 0 Å². The zero-order chi connectivity index (χ0) is 12.5. The summed E-state index contributed by atoms with van der Waals surface area (Å²) in [6, 6.07) is 0.842. The Morgan fingerprint density at radius 2 is 2.00 bits per heavy atom. The van der Waals surface area contributed by atoms with Gasteiger partial charge in [-0.1, -0.05) is 20.8 Å². The summed E-state index contributed by atoms with van der Waals surface area (Å²) in [7, 11) is 2.30. The van der Waals surface area contributed by atoms with Crippen LogP contribution >= 0.6 is 0 Å². The molecule has 3 atom stereocenters. The molecule has 2 saturated carbocycles. The summed E-state index contributed by atoms with van der Waals surface area (Å²) in [5.74, 6) is 1.97. The molecule has 0 bridgehead atoms. The normalized spacial score (nSPS) is 31.6. The van der Waals surface area contributed by atoms with Gasteiger partial charge in [-0.25, -0.2) is 0 Å². The van der Waals surface area contributed by atoms with Gasteiger partial charge >= 0.3 is 0 Å². The third-order valence-electron chi connectivity index (χ3n) is 4.72. The van der Waals surface area contributed by atoms with Crippen LogP contribution in [0.4, 0.5) is 0 Å². The van der Waals surface area contributed by atoms with Gasteiger partial charge in [0.15, 0.2) is 0 Å². The fraction of sp³-hybridized carbons (Fsp3) is 1.00. The number of hydrogen-bond acceptors (Lipinski definition) is 2. The van der Waals surface area contributed by atoms with E-state index in [9.17, 15) is 0 Å². The second kappa shape index (κ2) is 5.27. The second-order valence-corrected chi connectivity index (χ2v) is 6.99. The highest BCUT2D eigenvalue weighted by Gasteiger charge is 2.35. The van der Waals surface area contributed by atoms with Crippen molar-refractivity contribution in [3.8, 4) is 0 Å². The summed E-state index contributed by atoms with van der Waals surface area (Å²) < 4.78 is 0. The van der Waals surface area contributed by atoms with Gasteiger partial charge in [-0.2, -0.15) is 0 Å². The Morgan fingerprint density at radius 3 is 2.47 bits per heavy atom. The standard InChI is InChI=1S/C15H30N2/c1-5-15(3,10-16-14-6-7-14)11-17(4)9-13-8-12(13)2/h12-14,16H,5-11H2,1-4H3. The molecule has 2 fully saturated rings. The fourth-order valence-electron chi connectivity index (χ4n) is 2.74. The van der Waals surface area contributed by atoms with E-state index in [2.05, 4.69) is 38.0 Å². The smallest absolute Gasteiger partial charge is 0.00684 e.